The Kier molecular flexibility index (Phi) is 10.1. The number of aromatic nitrogens is 1. The molecule has 31 heavy (non-hydrogen) atoms. The van der Waals surface area contributed by atoms with Crippen LogP contribution in [0, 0.1) is 5.92 Å². The van der Waals surface area contributed by atoms with Crippen molar-refractivity contribution in [2.24, 2.45) is 15.9 Å². The predicted octanol–water partition coefficient (Wildman–Crippen LogP) is 4.71. The molecule has 0 aliphatic carbocycles. The maximum atomic E-state index is 13.5. The van der Waals surface area contributed by atoms with E-state index in [1.807, 2.05) is 26.0 Å². The van der Waals surface area contributed by atoms with Gasteiger partial charge in [0.25, 0.3) is 0 Å². The first-order chi connectivity index (χ1) is 14.9. The fraction of sp³-hybridized carbons (Fsp3) is 0.682. The van der Waals surface area contributed by atoms with Crippen LogP contribution < -0.4 is 0 Å². The molecular formula is C22H36N3O5P. The molecule has 0 fully saturated rings. The lowest BCUT2D eigenvalue weighted by Crippen LogP contribution is -2.41. The smallest absolute Gasteiger partial charge is 0.331 e. The molecule has 0 saturated carbocycles. The Labute approximate surface area is 186 Å². The van der Waals surface area contributed by atoms with E-state index < -0.39 is 13.6 Å². The van der Waals surface area contributed by atoms with Crippen molar-refractivity contribution in [1.82, 2.24) is 4.98 Å². The number of hydrogen-bond donors (Lipinski definition) is 0. The largest absolute Gasteiger partial charge is 0.480 e. The third kappa shape index (κ3) is 6.86. The van der Waals surface area contributed by atoms with Gasteiger partial charge in [0, 0.05) is 18.3 Å². The fourth-order valence-corrected chi connectivity index (χ4v) is 5.50. The SMILES string of the molecule is CCOC1=N[C@H]([C@@H](CP(=O)(OCC)OCC)c2cccnc2)C(OCC)=N[C@H]1C(C)C. The molecule has 0 saturated heterocycles. The van der Waals surface area contributed by atoms with Gasteiger partial charge in [-0.1, -0.05) is 19.9 Å². The van der Waals surface area contributed by atoms with Gasteiger partial charge in [0.05, 0.1) is 32.6 Å². The van der Waals surface area contributed by atoms with Gasteiger partial charge in [0.2, 0.25) is 11.8 Å². The first kappa shape index (κ1) is 25.5. The van der Waals surface area contributed by atoms with Gasteiger partial charge in [-0.3, -0.25) is 9.55 Å². The number of hydrogen-bond acceptors (Lipinski definition) is 8. The number of ether oxygens (including phenoxy) is 2. The standard InChI is InChI=1S/C22H36N3O5P/c1-7-27-21-19(16(5)6)24-22(28-8-2)20(25-21)18(17-12-11-13-23-14-17)15-31(26,29-9-3)30-10-4/h11-14,16,18-20H,7-10,15H2,1-6H3/t18-,19-,20+/m0/s1. The quantitative estimate of drug-likeness (QED) is 0.451. The van der Waals surface area contributed by atoms with E-state index in [0.29, 0.717) is 25.0 Å². The van der Waals surface area contributed by atoms with Crippen molar-refractivity contribution in [3.8, 4) is 0 Å². The van der Waals surface area contributed by atoms with E-state index in [0.717, 1.165) is 5.56 Å². The number of aliphatic imine (C=N–C) groups is 2. The third-order valence-electron chi connectivity index (χ3n) is 4.82. The van der Waals surface area contributed by atoms with Crippen molar-refractivity contribution < 1.29 is 23.1 Å². The topological polar surface area (TPSA) is 91.6 Å². The van der Waals surface area contributed by atoms with E-state index in [9.17, 15) is 4.57 Å². The molecule has 1 aliphatic rings. The summed E-state index contributed by atoms with van der Waals surface area (Å²) in [6, 6.07) is 3.04. The van der Waals surface area contributed by atoms with E-state index >= 15 is 0 Å². The number of pyridine rings is 1. The van der Waals surface area contributed by atoms with Crippen LogP contribution in [0.5, 0.6) is 0 Å². The van der Waals surface area contributed by atoms with Gasteiger partial charge in [0.15, 0.2) is 0 Å². The highest BCUT2D eigenvalue weighted by Crippen LogP contribution is 2.52. The average molecular weight is 454 g/mol. The van der Waals surface area contributed by atoms with Crippen molar-refractivity contribution in [2.45, 2.75) is 59.5 Å². The van der Waals surface area contributed by atoms with Crippen LogP contribution in [0.15, 0.2) is 34.5 Å². The Hall–Kier alpha value is -1.76. The second-order valence-electron chi connectivity index (χ2n) is 7.46. The molecule has 2 heterocycles. The molecular weight excluding hydrogens is 417 g/mol. The highest BCUT2D eigenvalue weighted by atomic mass is 31.2. The average Bonchev–Trinajstić information content (AvgIpc) is 2.74. The Morgan fingerprint density at radius 1 is 0.935 bits per heavy atom. The summed E-state index contributed by atoms with van der Waals surface area (Å²) in [6.07, 6.45) is 3.58. The predicted molar refractivity (Wildman–Crippen MR) is 123 cm³/mol. The molecule has 0 unspecified atom stereocenters. The van der Waals surface area contributed by atoms with Gasteiger partial charge < -0.3 is 18.5 Å². The first-order valence-corrected chi connectivity index (χ1v) is 12.8. The van der Waals surface area contributed by atoms with Crippen LogP contribution in [-0.4, -0.2) is 61.5 Å². The van der Waals surface area contributed by atoms with Gasteiger partial charge in [0.1, 0.15) is 12.1 Å². The zero-order valence-electron chi connectivity index (χ0n) is 19.5. The van der Waals surface area contributed by atoms with Crippen LogP contribution in [0.4, 0.5) is 0 Å². The lowest BCUT2D eigenvalue weighted by molar-refractivity contribution is 0.217. The lowest BCUT2D eigenvalue weighted by Gasteiger charge is -2.33. The van der Waals surface area contributed by atoms with Crippen LogP contribution in [-0.2, 0) is 23.1 Å². The van der Waals surface area contributed by atoms with Crippen LogP contribution in [0.25, 0.3) is 0 Å². The first-order valence-electron chi connectivity index (χ1n) is 11.1. The van der Waals surface area contributed by atoms with Crippen LogP contribution >= 0.6 is 7.60 Å². The van der Waals surface area contributed by atoms with Crippen molar-refractivity contribution in [3.63, 3.8) is 0 Å². The Balaban J connectivity index is 2.55. The molecule has 3 atom stereocenters. The van der Waals surface area contributed by atoms with Gasteiger partial charge in [-0.25, -0.2) is 9.98 Å². The molecule has 0 aromatic carbocycles. The lowest BCUT2D eigenvalue weighted by atomic mass is 9.92. The summed E-state index contributed by atoms with van der Waals surface area (Å²) in [6.45, 7) is 13.1. The number of nitrogens with zero attached hydrogens (tertiary/aromatic N) is 3. The van der Waals surface area contributed by atoms with Crippen LogP contribution in [0.2, 0.25) is 0 Å². The van der Waals surface area contributed by atoms with Gasteiger partial charge in [-0.15, -0.1) is 0 Å². The highest BCUT2D eigenvalue weighted by molar-refractivity contribution is 7.53. The minimum atomic E-state index is -3.37. The Morgan fingerprint density at radius 2 is 1.52 bits per heavy atom. The molecule has 1 aliphatic heterocycles. The molecule has 0 amide bonds. The minimum absolute atomic E-state index is 0.131. The molecule has 0 bridgehead atoms. The second-order valence-corrected chi connectivity index (χ2v) is 9.56. The Bertz CT molecular complexity index is 775. The summed E-state index contributed by atoms with van der Waals surface area (Å²) < 4.78 is 36.4. The molecule has 1 aromatic heterocycles. The summed E-state index contributed by atoms with van der Waals surface area (Å²) >= 11 is 0. The minimum Gasteiger partial charge on any atom is -0.480 e. The molecule has 0 radical (unpaired) electrons. The molecule has 0 spiro atoms. The summed E-state index contributed by atoms with van der Waals surface area (Å²) in [5.41, 5.74) is 0.863. The maximum absolute atomic E-state index is 13.5. The summed E-state index contributed by atoms with van der Waals surface area (Å²) in [4.78, 5) is 14.1. The molecule has 8 nitrogen and oxygen atoms in total. The van der Waals surface area contributed by atoms with Crippen molar-refractivity contribution in [1.29, 1.82) is 0 Å². The second kappa shape index (κ2) is 12.3. The highest BCUT2D eigenvalue weighted by Gasteiger charge is 2.41. The summed E-state index contributed by atoms with van der Waals surface area (Å²) in [5.74, 6) is 0.906. The van der Waals surface area contributed by atoms with E-state index in [2.05, 4.69) is 18.8 Å². The normalized spacial score (nSPS) is 20.2. The van der Waals surface area contributed by atoms with Gasteiger partial charge in [-0.05, 0) is 45.2 Å². The monoisotopic (exact) mass is 453 g/mol. The van der Waals surface area contributed by atoms with Crippen molar-refractivity contribution in [2.75, 3.05) is 32.6 Å². The van der Waals surface area contributed by atoms with E-state index in [-0.39, 0.29) is 37.3 Å². The van der Waals surface area contributed by atoms with Crippen molar-refractivity contribution in [3.05, 3.63) is 30.1 Å². The Morgan fingerprint density at radius 3 is 2.00 bits per heavy atom. The van der Waals surface area contributed by atoms with E-state index in [1.165, 1.54) is 0 Å². The maximum Gasteiger partial charge on any atom is 0.331 e. The summed E-state index contributed by atoms with van der Waals surface area (Å²) in [5, 5.41) is 0. The third-order valence-corrected chi connectivity index (χ3v) is 6.96. The van der Waals surface area contributed by atoms with Crippen molar-refractivity contribution >= 4 is 19.4 Å². The zero-order chi connectivity index (χ0) is 22.9. The summed E-state index contributed by atoms with van der Waals surface area (Å²) in [7, 11) is -3.37. The zero-order valence-corrected chi connectivity index (χ0v) is 20.4. The van der Waals surface area contributed by atoms with E-state index in [1.54, 1.807) is 26.2 Å². The molecule has 9 heteroatoms. The molecule has 2 rings (SSSR count). The van der Waals surface area contributed by atoms with Crippen LogP contribution in [0.1, 0.15) is 53.0 Å². The fourth-order valence-electron chi connectivity index (χ4n) is 3.53. The molecule has 1 aromatic rings. The molecule has 0 N–H and O–H groups in total. The number of rotatable bonds is 11. The van der Waals surface area contributed by atoms with Crippen LogP contribution in [0.3, 0.4) is 0 Å². The van der Waals surface area contributed by atoms with Gasteiger partial charge in [-0.2, -0.15) is 0 Å². The van der Waals surface area contributed by atoms with Gasteiger partial charge >= 0.3 is 7.60 Å². The molecule has 174 valence electrons. The van der Waals surface area contributed by atoms with E-state index in [4.69, 9.17) is 28.5 Å².